The van der Waals surface area contributed by atoms with Crippen LogP contribution in [0.4, 0.5) is 0 Å². The summed E-state index contributed by atoms with van der Waals surface area (Å²) in [5.74, 6) is -0.274. The lowest BCUT2D eigenvalue weighted by Gasteiger charge is -2.15. The zero-order chi connectivity index (χ0) is 14.2. The fraction of sp³-hybridized carbons (Fsp3) is 0.250. The maximum atomic E-state index is 11.7. The van der Waals surface area contributed by atoms with Gasteiger partial charge < -0.3 is 5.32 Å². The van der Waals surface area contributed by atoms with Gasteiger partial charge in [0.2, 0.25) is 0 Å². The van der Waals surface area contributed by atoms with Gasteiger partial charge in [0.15, 0.2) is 5.96 Å². The van der Waals surface area contributed by atoms with Crippen molar-refractivity contribution < 1.29 is 4.79 Å². The van der Waals surface area contributed by atoms with Crippen LogP contribution in [0.15, 0.2) is 48.2 Å². The number of rotatable bonds is 3. The molecule has 1 amide bonds. The molecule has 0 heterocycles. The highest BCUT2D eigenvalue weighted by Crippen LogP contribution is 2.14. The lowest BCUT2D eigenvalue weighted by Crippen LogP contribution is -2.39. The highest BCUT2D eigenvalue weighted by atomic mass is 16.1. The van der Waals surface area contributed by atoms with Crippen LogP contribution < -0.4 is 10.6 Å². The summed E-state index contributed by atoms with van der Waals surface area (Å²) in [6, 6.07) is 9.59. The molecule has 1 aliphatic carbocycles. The first-order valence-electron chi connectivity index (χ1n) is 6.83. The molecule has 4 nitrogen and oxygen atoms in total. The minimum Gasteiger partial charge on any atom is -0.330 e. The van der Waals surface area contributed by atoms with Crippen molar-refractivity contribution in [2.24, 2.45) is 0 Å². The van der Waals surface area contributed by atoms with Gasteiger partial charge in [-0.05, 0) is 37.3 Å². The van der Waals surface area contributed by atoms with E-state index >= 15 is 0 Å². The van der Waals surface area contributed by atoms with Crippen molar-refractivity contribution in [3.8, 4) is 0 Å². The predicted octanol–water partition coefficient (Wildman–Crippen LogP) is 2.80. The van der Waals surface area contributed by atoms with E-state index in [1.54, 1.807) is 6.08 Å². The number of nitrogens with one attached hydrogen (secondary N) is 3. The molecule has 0 bridgehead atoms. The van der Waals surface area contributed by atoms with Crippen LogP contribution in [0.2, 0.25) is 0 Å². The van der Waals surface area contributed by atoms with E-state index in [1.807, 2.05) is 30.3 Å². The predicted molar refractivity (Wildman–Crippen MR) is 81.0 cm³/mol. The standard InChI is InChI=1S/C16H19N3O/c17-16(18-14-9-5-2-6-10-14)19-15(20)12-11-13-7-3-1-4-8-13/h1,3-4,7-9,11-12H,2,5-6,10H2,(H3,17,18,19,20). The van der Waals surface area contributed by atoms with Gasteiger partial charge in [0.25, 0.3) is 5.91 Å². The van der Waals surface area contributed by atoms with Gasteiger partial charge in [-0.3, -0.25) is 15.5 Å². The molecule has 0 atom stereocenters. The molecule has 0 spiro atoms. The maximum absolute atomic E-state index is 11.7. The minimum absolute atomic E-state index is 0.0286. The van der Waals surface area contributed by atoms with Crippen molar-refractivity contribution in [2.45, 2.75) is 25.7 Å². The van der Waals surface area contributed by atoms with Crippen LogP contribution in [0.3, 0.4) is 0 Å². The number of allylic oxidation sites excluding steroid dienone is 2. The Balaban J connectivity index is 1.80. The van der Waals surface area contributed by atoms with Crippen molar-refractivity contribution in [3.63, 3.8) is 0 Å². The first-order valence-corrected chi connectivity index (χ1v) is 6.83. The fourth-order valence-corrected chi connectivity index (χ4v) is 2.04. The normalized spacial score (nSPS) is 14.7. The highest BCUT2D eigenvalue weighted by molar-refractivity contribution is 6.03. The summed E-state index contributed by atoms with van der Waals surface area (Å²) in [6.45, 7) is 0. The summed E-state index contributed by atoms with van der Waals surface area (Å²) in [7, 11) is 0. The first kappa shape index (κ1) is 14.1. The summed E-state index contributed by atoms with van der Waals surface area (Å²) in [6.07, 6.45) is 9.56. The van der Waals surface area contributed by atoms with Gasteiger partial charge >= 0.3 is 0 Å². The summed E-state index contributed by atoms with van der Waals surface area (Å²) in [4.78, 5) is 11.7. The van der Waals surface area contributed by atoms with E-state index in [9.17, 15) is 4.79 Å². The summed E-state index contributed by atoms with van der Waals surface area (Å²) in [5, 5.41) is 13.2. The van der Waals surface area contributed by atoms with Crippen LogP contribution in [0, 0.1) is 5.41 Å². The Morgan fingerprint density at radius 2 is 2.00 bits per heavy atom. The van der Waals surface area contributed by atoms with E-state index in [1.165, 1.54) is 12.5 Å². The van der Waals surface area contributed by atoms with E-state index in [0.717, 1.165) is 30.5 Å². The third-order valence-corrected chi connectivity index (χ3v) is 3.05. The Labute approximate surface area is 119 Å². The zero-order valence-electron chi connectivity index (χ0n) is 11.4. The molecule has 0 unspecified atom stereocenters. The van der Waals surface area contributed by atoms with E-state index < -0.39 is 0 Å². The third-order valence-electron chi connectivity index (χ3n) is 3.05. The SMILES string of the molecule is N=C(NC(=O)C=Cc1ccccc1)NC1=CCCCC1. The van der Waals surface area contributed by atoms with Gasteiger partial charge in [-0.25, -0.2) is 0 Å². The van der Waals surface area contributed by atoms with E-state index in [0.29, 0.717) is 0 Å². The number of amides is 1. The first-order chi connectivity index (χ1) is 9.74. The van der Waals surface area contributed by atoms with Crippen LogP contribution in [0.1, 0.15) is 31.2 Å². The van der Waals surface area contributed by atoms with Crippen molar-refractivity contribution in [1.82, 2.24) is 10.6 Å². The molecule has 0 fully saturated rings. The fourth-order valence-electron chi connectivity index (χ4n) is 2.04. The van der Waals surface area contributed by atoms with Gasteiger partial charge in [-0.15, -0.1) is 0 Å². The molecule has 3 N–H and O–H groups in total. The molecule has 0 radical (unpaired) electrons. The summed E-state index contributed by atoms with van der Waals surface area (Å²) < 4.78 is 0. The quantitative estimate of drug-likeness (QED) is 0.449. The van der Waals surface area contributed by atoms with Gasteiger partial charge in [0.05, 0.1) is 0 Å². The number of hydrogen-bond donors (Lipinski definition) is 3. The zero-order valence-corrected chi connectivity index (χ0v) is 11.4. The van der Waals surface area contributed by atoms with Gasteiger partial charge in [0.1, 0.15) is 0 Å². The second-order valence-corrected chi connectivity index (χ2v) is 4.71. The number of carbonyl (C=O) groups is 1. The van der Waals surface area contributed by atoms with Gasteiger partial charge in [-0.1, -0.05) is 36.4 Å². The lowest BCUT2D eigenvalue weighted by atomic mass is 10.1. The molecule has 0 aromatic heterocycles. The van der Waals surface area contributed by atoms with E-state index in [-0.39, 0.29) is 11.9 Å². The third kappa shape index (κ3) is 4.72. The van der Waals surface area contributed by atoms with Crippen LogP contribution in [0.5, 0.6) is 0 Å². The molecular formula is C16H19N3O. The second kappa shape index (κ2) is 7.28. The molecule has 1 aromatic rings. The molecule has 4 heteroatoms. The Bertz CT molecular complexity index is 532. The molecule has 0 aliphatic heterocycles. The van der Waals surface area contributed by atoms with Crippen LogP contribution >= 0.6 is 0 Å². The summed E-state index contributed by atoms with van der Waals surface area (Å²) in [5.41, 5.74) is 1.98. The Kier molecular flexibility index (Phi) is 5.12. The Morgan fingerprint density at radius 3 is 2.70 bits per heavy atom. The van der Waals surface area contributed by atoms with Crippen molar-refractivity contribution >= 4 is 17.9 Å². The molecule has 20 heavy (non-hydrogen) atoms. The molecule has 2 rings (SSSR count). The monoisotopic (exact) mass is 269 g/mol. The lowest BCUT2D eigenvalue weighted by molar-refractivity contribution is -0.115. The smallest absolute Gasteiger partial charge is 0.250 e. The average molecular weight is 269 g/mol. The number of guanidine groups is 1. The van der Waals surface area contributed by atoms with Gasteiger partial charge in [0, 0.05) is 11.8 Å². The molecule has 0 saturated carbocycles. The van der Waals surface area contributed by atoms with E-state index in [2.05, 4.69) is 16.7 Å². The second-order valence-electron chi connectivity index (χ2n) is 4.71. The molecule has 1 aliphatic rings. The van der Waals surface area contributed by atoms with E-state index in [4.69, 9.17) is 5.41 Å². The Morgan fingerprint density at radius 1 is 1.20 bits per heavy atom. The summed E-state index contributed by atoms with van der Waals surface area (Å²) >= 11 is 0. The van der Waals surface area contributed by atoms with Gasteiger partial charge in [-0.2, -0.15) is 0 Å². The van der Waals surface area contributed by atoms with Crippen LogP contribution in [-0.2, 0) is 4.79 Å². The molecular weight excluding hydrogens is 250 g/mol. The van der Waals surface area contributed by atoms with Crippen LogP contribution in [0.25, 0.3) is 6.08 Å². The molecule has 0 saturated heterocycles. The largest absolute Gasteiger partial charge is 0.330 e. The Hall–Kier alpha value is -2.36. The minimum atomic E-state index is -0.303. The topological polar surface area (TPSA) is 65.0 Å². The average Bonchev–Trinajstić information content (AvgIpc) is 2.47. The number of hydrogen-bond acceptors (Lipinski definition) is 2. The highest BCUT2D eigenvalue weighted by Gasteiger charge is 2.06. The molecule has 1 aromatic carbocycles. The number of benzene rings is 1. The van der Waals surface area contributed by atoms with Crippen molar-refractivity contribution in [1.29, 1.82) is 5.41 Å². The molecule has 104 valence electrons. The maximum Gasteiger partial charge on any atom is 0.250 e. The van der Waals surface area contributed by atoms with Crippen molar-refractivity contribution in [3.05, 3.63) is 53.7 Å². The van der Waals surface area contributed by atoms with Crippen LogP contribution in [-0.4, -0.2) is 11.9 Å². The van der Waals surface area contributed by atoms with Crippen molar-refractivity contribution in [2.75, 3.05) is 0 Å². The number of carbonyl (C=O) groups excluding carboxylic acids is 1.